The molecule has 0 radical (unpaired) electrons. The molecule has 2 N–H and O–H groups in total. The van der Waals surface area contributed by atoms with Crippen LogP contribution >= 0.6 is 24.8 Å². The number of carbonyl (C=O) groups excluding carboxylic acids is 1. The number of nitrogens with one attached hydrogen (secondary N) is 2. The fraction of sp³-hybridized carbons (Fsp3) is 0.294. The minimum absolute atomic E-state index is 0. The summed E-state index contributed by atoms with van der Waals surface area (Å²) in [6.45, 7) is -0.440. The van der Waals surface area contributed by atoms with Gasteiger partial charge in [-0.25, -0.2) is 13.2 Å². The van der Waals surface area contributed by atoms with Crippen LogP contribution in [0.4, 0.5) is 18.9 Å². The molecule has 1 aromatic carbocycles. The predicted molar refractivity (Wildman–Crippen MR) is 99.4 cm³/mol. The molecule has 1 fully saturated rings. The number of alkyl halides is 2. The Kier molecular flexibility index (Phi) is 8.33. The molecule has 27 heavy (non-hydrogen) atoms. The first kappa shape index (κ1) is 23.0. The fourth-order valence-corrected chi connectivity index (χ4v) is 2.46. The van der Waals surface area contributed by atoms with Crippen molar-refractivity contribution >= 4 is 36.4 Å². The van der Waals surface area contributed by atoms with E-state index < -0.39 is 36.7 Å². The Hall–Kier alpha value is -2.03. The predicted octanol–water partition coefficient (Wildman–Crippen LogP) is 3.58. The van der Waals surface area contributed by atoms with Gasteiger partial charge in [-0.2, -0.15) is 0 Å². The van der Waals surface area contributed by atoms with Crippen molar-refractivity contribution in [3.8, 4) is 5.75 Å². The average Bonchev–Trinajstić information content (AvgIpc) is 2.95. The number of hydrogen-bond donors (Lipinski definition) is 2. The molecule has 1 amide bonds. The van der Waals surface area contributed by atoms with Crippen LogP contribution in [0.5, 0.6) is 5.75 Å². The number of pyridine rings is 1. The van der Waals surface area contributed by atoms with Gasteiger partial charge in [-0.3, -0.25) is 15.1 Å². The lowest BCUT2D eigenvalue weighted by molar-refractivity contribution is -0.118. The second-order valence-electron chi connectivity index (χ2n) is 5.74. The molecular formula is C17H18Cl2F3N3O2. The van der Waals surface area contributed by atoms with Crippen molar-refractivity contribution in [2.75, 3.05) is 11.9 Å². The van der Waals surface area contributed by atoms with Crippen LogP contribution in [0.1, 0.15) is 12.1 Å². The van der Waals surface area contributed by atoms with Crippen LogP contribution in [0.25, 0.3) is 0 Å². The second kappa shape index (κ2) is 9.77. The molecule has 1 atom stereocenters. The molecule has 1 unspecified atom stereocenters. The highest BCUT2D eigenvalue weighted by molar-refractivity contribution is 5.95. The number of aromatic nitrogens is 1. The number of hydrogen-bond acceptors (Lipinski definition) is 4. The monoisotopic (exact) mass is 423 g/mol. The SMILES string of the molecule is Cl.Cl.O=C(Nc1ccc(OCc2ccccn2)c(F)c1)C1CC(F)(F)CN1. The highest BCUT2D eigenvalue weighted by Gasteiger charge is 2.42. The molecule has 5 nitrogen and oxygen atoms in total. The maximum Gasteiger partial charge on any atom is 0.262 e. The molecular weight excluding hydrogens is 406 g/mol. The Labute approximate surface area is 166 Å². The van der Waals surface area contributed by atoms with Crippen LogP contribution in [-0.2, 0) is 11.4 Å². The number of benzene rings is 1. The molecule has 1 aromatic heterocycles. The Morgan fingerprint density at radius 2 is 2.07 bits per heavy atom. The second-order valence-corrected chi connectivity index (χ2v) is 5.74. The van der Waals surface area contributed by atoms with Gasteiger partial charge >= 0.3 is 0 Å². The Morgan fingerprint density at radius 1 is 1.30 bits per heavy atom. The summed E-state index contributed by atoms with van der Waals surface area (Å²) in [7, 11) is 0. The van der Waals surface area contributed by atoms with E-state index in [-0.39, 0.29) is 42.9 Å². The Bertz CT molecular complexity index is 766. The Balaban J connectivity index is 0.00000182. The minimum atomic E-state index is -2.91. The highest BCUT2D eigenvalue weighted by atomic mass is 35.5. The van der Waals surface area contributed by atoms with Gasteiger partial charge in [0.1, 0.15) is 6.61 Å². The molecule has 0 bridgehead atoms. The van der Waals surface area contributed by atoms with Gasteiger partial charge < -0.3 is 10.1 Å². The number of anilines is 1. The highest BCUT2D eigenvalue weighted by Crippen LogP contribution is 2.26. The zero-order chi connectivity index (χ0) is 17.9. The van der Waals surface area contributed by atoms with E-state index in [4.69, 9.17) is 4.74 Å². The van der Waals surface area contributed by atoms with Crippen molar-refractivity contribution in [2.24, 2.45) is 0 Å². The molecule has 2 heterocycles. The molecule has 10 heteroatoms. The minimum Gasteiger partial charge on any atom is -0.484 e. The summed E-state index contributed by atoms with van der Waals surface area (Å²) in [5.41, 5.74) is 0.817. The van der Waals surface area contributed by atoms with E-state index in [1.54, 1.807) is 24.4 Å². The zero-order valence-corrected chi connectivity index (χ0v) is 15.6. The number of rotatable bonds is 5. The molecule has 1 aliphatic heterocycles. The lowest BCUT2D eigenvalue weighted by atomic mass is 10.2. The summed E-state index contributed by atoms with van der Waals surface area (Å²) in [6.07, 6.45) is 1.03. The molecule has 148 valence electrons. The van der Waals surface area contributed by atoms with Crippen LogP contribution in [0.3, 0.4) is 0 Å². The van der Waals surface area contributed by atoms with Crippen LogP contribution in [0.2, 0.25) is 0 Å². The number of halogens is 5. The maximum absolute atomic E-state index is 14.1. The summed E-state index contributed by atoms with van der Waals surface area (Å²) in [6, 6.07) is 8.19. The van der Waals surface area contributed by atoms with Gasteiger partial charge in [0.2, 0.25) is 5.91 Å². The number of amides is 1. The van der Waals surface area contributed by atoms with Crippen LogP contribution < -0.4 is 15.4 Å². The van der Waals surface area contributed by atoms with Gasteiger partial charge in [0.05, 0.1) is 18.3 Å². The van der Waals surface area contributed by atoms with Gasteiger partial charge in [0.15, 0.2) is 11.6 Å². The topological polar surface area (TPSA) is 63.2 Å². The standard InChI is InChI=1S/C17H16F3N3O2.2ClH/c18-13-7-11(23-16(24)14-8-17(19,20)10-22-14)4-5-15(13)25-9-12-3-1-2-6-21-12;;/h1-7,14,22H,8-10H2,(H,23,24);2*1H. The van der Waals surface area contributed by atoms with Crippen molar-refractivity contribution in [3.63, 3.8) is 0 Å². The summed E-state index contributed by atoms with van der Waals surface area (Å²) < 4.78 is 45.6. The van der Waals surface area contributed by atoms with Crippen LogP contribution in [0.15, 0.2) is 42.6 Å². The lowest BCUT2D eigenvalue weighted by Crippen LogP contribution is -2.35. The van der Waals surface area contributed by atoms with Gasteiger partial charge in [-0.05, 0) is 24.3 Å². The quantitative estimate of drug-likeness (QED) is 0.771. The summed E-state index contributed by atoms with van der Waals surface area (Å²) in [4.78, 5) is 16.0. The van der Waals surface area contributed by atoms with Crippen molar-refractivity contribution in [2.45, 2.75) is 25.0 Å². The molecule has 1 saturated heterocycles. The lowest BCUT2D eigenvalue weighted by Gasteiger charge is -2.12. The molecule has 1 aliphatic rings. The van der Waals surface area contributed by atoms with Gasteiger partial charge in [-0.15, -0.1) is 24.8 Å². The summed E-state index contributed by atoms with van der Waals surface area (Å²) in [5.74, 6) is -4.19. The normalized spacial score (nSPS) is 17.4. The first-order valence-electron chi connectivity index (χ1n) is 7.67. The number of carbonyl (C=O) groups is 1. The summed E-state index contributed by atoms with van der Waals surface area (Å²) >= 11 is 0. The molecule has 0 spiro atoms. The average molecular weight is 424 g/mol. The van der Waals surface area contributed by atoms with Crippen molar-refractivity contribution < 1.29 is 22.7 Å². The molecule has 0 aliphatic carbocycles. The molecule has 2 aromatic rings. The van der Waals surface area contributed by atoms with Crippen molar-refractivity contribution in [1.29, 1.82) is 0 Å². The first-order valence-corrected chi connectivity index (χ1v) is 7.67. The van der Waals surface area contributed by atoms with E-state index >= 15 is 0 Å². The van der Waals surface area contributed by atoms with E-state index in [1.165, 1.54) is 12.1 Å². The van der Waals surface area contributed by atoms with Crippen LogP contribution in [0, 0.1) is 5.82 Å². The van der Waals surface area contributed by atoms with Gasteiger partial charge in [0, 0.05) is 24.4 Å². The third-order valence-electron chi connectivity index (χ3n) is 3.73. The zero-order valence-electron chi connectivity index (χ0n) is 14.0. The van der Waals surface area contributed by atoms with E-state index in [1.807, 2.05) is 0 Å². The third kappa shape index (κ3) is 6.27. The van der Waals surface area contributed by atoms with Crippen molar-refractivity contribution in [1.82, 2.24) is 10.3 Å². The van der Waals surface area contributed by atoms with Gasteiger partial charge in [-0.1, -0.05) is 6.07 Å². The summed E-state index contributed by atoms with van der Waals surface area (Å²) in [5, 5.41) is 4.86. The van der Waals surface area contributed by atoms with E-state index in [0.717, 1.165) is 6.07 Å². The maximum atomic E-state index is 14.1. The molecule has 3 rings (SSSR count). The Morgan fingerprint density at radius 3 is 2.67 bits per heavy atom. The largest absolute Gasteiger partial charge is 0.484 e. The fourth-order valence-electron chi connectivity index (χ4n) is 2.46. The van der Waals surface area contributed by atoms with Gasteiger partial charge in [0.25, 0.3) is 5.92 Å². The number of ether oxygens (including phenoxy) is 1. The van der Waals surface area contributed by atoms with Crippen LogP contribution in [-0.4, -0.2) is 29.4 Å². The number of nitrogens with zero attached hydrogens (tertiary/aromatic N) is 1. The van der Waals surface area contributed by atoms with E-state index in [0.29, 0.717) is 5.69 Å². The third-order valence-corrected chi connectivity index (χ3v) is 3.73. The van der Waals surface area contributed by atoms with Crippen molar-refractivity contribution in [3.05, 3.63) is 54.1 Å². The first-order chi connectivity index (χ1) is 11.9. The van der Waals surface area contributed by atoms with E-state index in [2.05, 4.69) is 15.6 Å². The van der Waals surface area contributed by atoms with E-state index in [9.17, 15) is 18.0 Å². The molecule has 0 saturated carbocycles. The smallest absolute Gasteiger partial charge is 0.262 e.